The van der Waals surface area contributed by atoms with Crippen molar-refractivity contribution in [3.63, 3.8) is 0 Å². The number of urea groups is 1. The molecule has 1 unspecified atom stereocenters. The fourth-order valence-electron chi connectivity index (χ4n) is 4.67. The van der Waals surface area contributed by atoms with E-state index in [4.69, 9.17) is 9.47 Å². The van der Waals surface area contributed by atoms with E-state index < -0.39 is 33.3 Å². The number of rotatable bonds is 9. The molecule has 1 aromatic heterocycles. The maximum Gasteiger partial charge on any atom is 0.407 e. The van der Waals surface area contributed by atoms with Crippen molar-refractivity contribution < 1.29 is 27.5 Å². The number of hydrogen-bond acceptors (Lipinski definition) is 8. The van der Waals surface area contributed by atoms with Gasteiger partial charge in [0.25, 0.3) is 0 Å². The molecule has 3 amide bonds. The van der Waals surface area contributed by atoms with Crippen LogP contribution < -0.4 is 20.7 Å². The zero-order chi connectivity index (χ0) is 32.1. The number of anilines is 1. The smallest absolute Gasteiger partial charge is 0.407 e. The summed E-state index contributed by atoms with van der Waals surface area (Å²) in [5.41, 5.74) is 0.282. The number of nitrogens with zero attached hydrogens (tertiary/aromatic N) is 1. The number of hydrogen-bond donors (Lipinski definition) is 4. The molecule has 1 aliphatic heterocycles. The Morgan fingerprint density at radius 1 is 1.16 bits per heavy atom. The van der Waals surface area contributed by atoms with Gasteiger partial charge >= 0.3 is 12.1 Å². The Hall–Kier alpha value is -3.52. The molecule has 4 N–H and O–H groups in total. The summed E-state index contributed by atoms with van der Waals surface area (Å²) in [5, 5.41) is 9.07. The van der Waals surface area contributed by atoms with Crippen LogP contribution in [0, 0.1) is 0 Å². The second kappa shape index (κ2) is 13.6. The molecule has 2 heterocycles. The number of amides is 3. The zero-order valence-electron chi connectivity index (χ0n) is 25.9. The highest BCUT2D eigenvalue weighted by molar-refractivity contribution is 7.89. The van der Waals surface area contributed by atoms with Gasteiger partial charge in [-0.25, -0.2) is 27.7 Å². The van der Waals surface area contributed by atoms with Gasteiger partial charge in [-0.05, 0) is 72.1 Å². The molecular weight excluding hydrogens is 603 g/mol. The van der Waals surface area contributed by atoms with Gasteiger partial charge in [0, 0.05) is 29.5 Å². The van der Waals surface area contributed by atoms with E-state index in [2.05, 4.69) is 25.7 Å². The van der Waals surface area contributed by atoms with E-state index in [1.165, 1.54) is 17.4 Å². The molecule has 2 aromatic carbocycles. The fraction of sp³-hybridized carbons (Fsp3) is 0.452. The van der Waals surface area contributed by atoms with Crippen LogP contribution in [0.15, 0.2) is 59.6 Å². The molecule has 3 aromatic rings. The summed E-state index contributed by atoms with van der Waals surface area (Å²) < 4.78 is 41.3. The highest BCUT2D eigenvalue weighted by Crippen LogP contribution is 2.41. The van der Waals surface area contributed by atoms with Gasteiger partial charge < -0.3 is 25.4 Å². The second-order valence-corrected chi connectivity index (χ2v) is 14.9. The van der Waals surface area contributed by atoms with Crippen LogP contribution in [0.25, 0.3) is 10.4 Å². The third-order valence-corrected chi connectivity index (χ3v) is 9.80. The first-order valence-electron chi connectivity index (χ1n) is 14.5. The number of carbonyl (C=O) groups is 2. The predicted octanol–water partition coefficient (Wildman–Crippen LogP) is 5.74. The summed E-state index contributed by atoms with van der Waals surface area (Å²) in [6.07, 6.45) is 2.22. The van der Waals surface area contributed by atoms with Crippen LogP contribution in [-0.4, -0.2) is 49.8 Å². The summed E-state index contributed by atoms with van der Waals surface area (Å²) in [6.45, 7) is 11.4. The molecule has 11 nitrogen and oxygen atoms in total. The Balaban J connectivity index is 1.54. The van der Waals surface area contributed by atoms with E-state index in [1.807, 2.05) is 37.3 Å². The Bertz CT molecular complexity index is 1560. The predicted molar refractivity (Wildman–Crippen MR) is 171 cm³/mol. The highest BCUT2D eigenvalue weighted by atomic mass is 32.2. The van der Waals surface area contributed by atoms with Gasteiger partial charge in [0.2, 0.25) is 10.0 Å². The van der Waals surface area contributed by atoms with Crippen molar-refractivity contribution in [1.29, 1.82) is 0 Å². The number of aromatic nitrogens is 1. The van der Waals surface area contributed by atoms with E-state index >= 15 is 0 Å². The van der Waals surface area contributed by atoms with E-state index in [1.54, 1.807) is 52.9 Å². The minimum Gasteiger partial charge on any atom is -0.447 e. The molecule has 4 rings (SSSR count). The van der Waals surface area contributed by atoms with Gasteiger partial charge in [-0.1, -0.05) is 36.4 Å². The number of sulfonamides is 1. The number of benzene rings is 2. The van der Waals surface area contributed by atoms with Crippen LogP contribution in [0.4, 0.5) is 15.3 Å². The summed E-state index contributed by atoms with van der Waals surface area (Å²) in [6, 6.07) is 13.6. The third kappa shape index (κ3) is 9.00. The molecule has 1 saturated heterocycles. The first-order chi connectivity index (χ1) is 20.6. The number of thiazole rings is 1. The number of nitrogens with one attached hydrogen (secondary N) is 4. The molecule has 0 spiro atoms. The lowest BCUT2D eigenvalue weighted by Crippen LogP contribution is -2.46. The number of ether oxygens (including phenoxy) is 2. The van der Waals surface area contributed by atoms with Gasteiger partial charge in [-0.15, -0.1) is 11.3 Å². The molecule has 0 aliphatic carbocycles. The number of alkyl carbamates (subject to hydrolysis) is 1. The van der Waals surface area contributed by atoms with Crippen molar-refractivity contribution in [2.45, 2.75) is 89.1 Å². The van der Waals surface area contributed by atoms with Crippen molar-refractivity contribution in [2.24, 2.45) is 0 Å². The van der Waals surface area contributed by atoms with Crippen molar-refractivity contribution in [2.75, 3.05) is 11.9 Å². The van der Waals surface area contributed by atoms with Crippen molar-refractivity contribution >= 4 is 39.2 Å². The molecule has 238 valence electrons. The summed E-state index contributed by atoms with van der Waals surface area (Å²) in [7, 11) is -3.99. The van der Waals surface area contributed by atoms with Gasteiger partial charge in [-0.2, -0.15) is 0 Å². The van der Waals surface area contributed by atoms with E-state index in [0.717, 1.165) is 5.56 Å². The summed E-state index contributed by atoms with van der Waals surface area (Å²) in [4.78, 5) is 29.9. The average molecular weight is 644 g/mol. The Morgan fingerprint density at radius 2 is 1.89 bits per heavy atom. The molecule has 13 heteroatoms. The summed E-state index contributed by atoms with van der Waals surface area (Å²) in [5.74, 6) is 0. The maximum absolute atomic E-state index is 13.6. The molecule has 0 bridgehead atoms. The molecule has 0 radical (unpaired) electrons. The Kier molecular flexibility index (Phi) is 10.3. The highest BCUT2D eigenvalue weighted by Gasteiger charge is 2.37. The lowest BCUT2D eigenvalue weighted by atomic mass is 9.94. The Morgan fingerprint density at radius 3 is 2.52 bits per heavy atom. The van der Waals surface area contributed by atoms with E-state index in [-0.39, 0.29) is 17.0 Å². The lowest BCUT2D eigenvalue weighted by molar-refractivity contribution is -0.0829. The van der Waals surface area contributed by atoms with Crippen LogP contribution >= 0.6 is 11.3 Å². The van der Waals surface area contributed by atoms with Gasteiger partial charge in [0.05, 0.1) is 28.5 Å². The summed E-state index contributed by atoms with van der Waals surface area (Å²) >= 11 is 1.35. The molecule has 44 heavy (non-hydrogen) atoms. The first-order valence-corrected chi connectivity index (χ1v) is 16.8. The van der Waals surface area contributed by atoms with E-state index in [0.29, 0.717) is 47.1 Å². The zero-order valence-corrected chi connectivity index (χ0v) is 27.5. The van der Waals surface area contributed by atoms with Crippen LogP contribution in [0.3, 0.4) is 0 Å². The Labute approximate surface area is 263 Å². The first kappa shape index (κ1) is 33.4. The minimum atomic E-state index is -3.99. The second-order valence-electron chi connectivity index (χ2n) is 12.3. The third-order valence-electron chi connectivity index (χ3n) is 6.73. The van der Waals surface area contributed by atoms with Crippen molar-refractivity contribution in [1.82, 2.24) is 20.3 Å². The van der Waals surface area contributed by atoms with Crippen molar-refractivity contribution in [3.05, 3.63) is 65.3 Å². The number of carbonyl (C=O) groups excluding carboxylic acids is 2. The molecule has 1 aliphatic rings. The molecule has 0 saturated carbocycles. The SMILES string of the molecule is CC(C)OC(=O)N[C@H]1CCC(C)(c2ncc(-c3ccc(NC(=O)NCc4ccccc4)cc3S(=O)(=O)NC(C)(C)C)s2)OC1. The van der Waals surface area contributed by atoms with Crippen LogP contribution in [0.1, 0.15) is 65.0 Å². The largest absolute Gasteiger partial charge is 0.447 e. The lowest BCUT2D eigenvalue weighted by Gasteiger charge is -2.36. The fourth-order valence-corrected chi connectivity index (χ4v) is 7.48. The maximum atomic E-state index is 13.6. The van der Waals surface area contributed by atoms with Crippen LogP contribution in [0.2, 0.25) is 0 Å². The van der Waals surface area contributed by atoms with Gasteiger partial charge in [-0.3, -0.25) is 0 Å². The normalized spacial score (nSPS) is 18.9. The van der Waals surface area contributed by atoms with Gasteiger partial charge in [0.1, 0.15) is 10.6 Å². The minimum absolute atomic E-state index is 0.0196. The molecule has 1 fully saturated rings. The van der Waals surface area contributed by atoms with Gasteiger partial charge in [0.15, 0.2) is 0 Å². The quantitative estimate of drug-likeness (QED) is 0.233. The average Bonchev–Trinajstić information content (AvgIpc) is 3.43. The van der Waals surface area contributed by atoms with Crippen LogP contribution in [-0.2, 0) is 31.6 Å². The topological polar surface area (TPSA) is 148 Å². The molecule has 2 atom stereocenters. The van der Waals surface area contributed by atoms with Crippen molar-refractivity contribution in [3.8, 4) is 10.4 Å². The van der Waals surface area contributed by atoms with E-state index in [9.17, 15) is 18.0 Å². The standard InChI is InChI=1S/C31H41N5O6S2/c1-20(2)42-29(38)35-23-14-15-31(6,41-19-23)27-32-18-25(43-27)24-13-12-22(16-26(24)44(39,40)36-30(3,4)5)34-28(37)33-17-21-10-8-7-9-11-21/h7-13,16,18,20,23,36H,14-15,17,19H2,1-6H3,(H,35,38)(H2,33,34,37)/t23-,31?/m0/s1. The molecular formula is C31H41N5O6S2. The van der Waals surface area contributed by atoms with Crippen LogP contribution in [0.5, 0.6) is 0 Å². The monoisotopic (exact) mass is 643 g/mol.